The molecule has 0 aliphatic heterocycles. The minimum absolute atomic E-state index is 0.960. The van der Waals surface area contributed by atoms with Gasteiger partial charge in [0.15, 0.2) is 0 Å². The van der Waals surface area contributed by atoms with Crippen LogP contribution in [0.1, 0.15) is 11.1 Å². The molecule has 0 saturated heterocycles. The molecule has 1 heterocycles. The Kier molecular flexibility index (Phi) is 3.57. The van der Waals surface area contributed by atoms with E-state index in [1.807, 2.05) is 0 Å². The van der Waals surface area contributed by atoms with Crippen LogP contribution in [0.5, 0.6) is 0 Å². The zero-order valence-corrected chi connectivity index (χ0v) is 14.5. The van der Waals surface area contributed by atoms with Crippen molar-refractivity contribution in [2.45, 2.75) is 6.42 Å². The average molecular weight is 333 g/mol. The highest BCUT2D eigenvalue weighted by Crippen LogP contribution is 2.32. The number of rotatable bonds is 3. The van der Waals surface area contributed by atoms with E-state index in [1.54, 1.807) is 0 Å². The van der Waals surface area contributed by atoms with Gasteiger partial charge in [-0.15, -0.1) is 0 Å². The first-order valence-corrected chi connectivity index (χ1v) is 9.01. The number of aromatic nitrogens is 1. The molecule has 0 unspecified atom stereocenters. The summed E-state index contributed by atoms with van der Waals surface area (Å²) in [7, 11) is 0. The quantitative estimate of drug-likeness (QED) is 0.361. The molecular weight excluding hydrogens is 314 g/mol. The Labute approximate surface area is 153 Å². The summed E-state index contributed by atoms with van der Waals surface area (Å²) in [5.74, 6) is 0. The van der Waals surface area contributed by atoms with Crippen molar-refractivity contribution in [3.8, 4) is 5.69 Å². The van der Waals surface area contributed by atoms with Crippen molar-refractivity contribution < 1.29 is 0 Å². The molecule has 1 aromatic heterocycles. The van der Waals surface area contributed by atoms with Gasteiger partial charge in [-0.25, -0.2) is 0 Å². The van der Waals surface area contributed by atoms with E-state index < -0.39 is 0 Å². The molecule has 0 radical (unpaired) electrons. The molecule has 1 heteroatoms. The Morgan fingerprint density at radius 3 is 1.96 bits per heavy atom. The third kappa shape index (κ3) is 2.49. The van der Waals surface area contributed by atoms with Gasteiger partial charge in [-0.2, -0.15) is 0 Å². The van der Waals surface area contributed by atoms with Gasteiger partial charge >= 0.3 is 0 Å². The Balaban J connectivity index is 1.73. The van der Waals surface area contributed by atoms with E-state index in [0.29, 0.717) is 0 Å². The third-order valence-electron chi connectivity index (χ3n) is 5.00. The molecular formula is C25H19N. The molecule has 0 N–H and O–H groups in total. The molecule has 0 spiro atoms. The summed E-state index contributed by atoms with van der Waals surface area (Å²) in [4.78, 5) is 0. The van der Waals surface area contributed by atoms with Crippen LogP contribution in [0.25, 0.3) is 27.5 Å². The lowest BCUT2D eigenvalue weighted by molar-refractivity contribution is 1.17. The Morgan fingerprint density at radius 1 is 0.500 bits per heavy atom. The smallest absolute Gasteiger partial charge is 0.0541 e. The molecule has 0 amide bonds. The summed E-state index contributed by atoms with van der Waals surface area (Å²) in [6.07, 6.45) is 0.960. The van der Waals surface area contributed by atoms with Crippen LogP contribution in [0.2, 0.25) is 0 Å². The summed E-state index contributed by atoms with van der Waals surface area (Å²) in [6, 6.07) is 36.8. The predicted octanol–water partition coefficient (Wildman–Crippen LogP) is 6.37. The molecule has 0 fully saturated rings. The van der Waals surface area contributed by atoms with Gasteiger partial charge in [-0.3, -0.25) is 0 Å². The third-order valence-corrected chi connectivity index (χ3v) is 5.00. The summed E-state index contributed by atoms with van der Waals surface area (Å²) in [5, 5.41) is 2.62. The fraction of sp³-hybridized carbons (Fsp3) is 0.0400. The molecule has 124 valence electrons. The van der Waals surface area contributed by atoms with Crippen molar-refractivity contribution in [2.75, 3.05) is 0 Å². The second-order valence-electron chi connectivity index (χ2n) is 6.70. The molecule has 26 heavy (non-hydrogen) atoms. The molecule has 5 rings (SSSR count). The molecule has 0 atom stereocenters. The van der Waals surface area contributed by atoms with Gasteiger partial charge in [0.1, 0.15) is 0 Å². The lowest BCUT2D eigenvalue weighted by Gasteiger charge is -2.08. The largest absolute Gasteiger partial charge is 0.309 e. The van der Waals surface area contributed by atoms with Crippen LogP contribution in [0.15, 0.2) is 103 Å². The highest BCUT2D eigenvalue weighted by Gasteiger charge is 2.12. The number of hydrogen-bond acceptors (Lipinski definition) is 0. The van der Waals surface area contributed by atoms with Crippen LogP contribution < -0.4 is 0 Å². The van der Waals surface area contributed by atoms with Crippen LogP contribution in [0.4, 0.5) is 0 Å². The van der Waals surface area contributed by atoms with Gasteiger partial charge in [0, 0.05) is 16.5 Å². The second-order valence-corrected chi connectivity index (χ2v) is 6.70. The monoisotopic (exact) mass is 333 g/mol. The summed E-state index contributed by atoms with van der Waals surface area (Å²) < 4.78 is 2.36. The Bertz CT molecular complexity index is 1180. The molecule has 0 saturated carbocycles. The van der Waals surface area contributed by atoms with E-state index in [9.17, 15) is 0 Å². The van der Waals surface area contributed by atoms with Crippen molar-refractivity contribution in [3.63, 3.8) is 0 Å². The minimum Gasteiger partial charge on any atom is -0.309 e. The minimum atomic E-state index is 0.960. The lowest BCUT2D eigenvalue weighted by Crippen LogP contribution is -1.93. The van der Waals surface area contributed by atoms with Gasteiger partial charge in [-0.05, 0) is 47.9 Å². The normalized spacial score (nSPS) is 11.2. The average Bonchev–Trinajstić information content (AvgIpc) is 3.03. The van der Waals surface area contributed by atoms with E-state index in [1.165, 1.54) is 38.6 Å². The topological polar surface area (TPSA) is 4.93 Å². The van der Waals surface area contributed by atoms with E-state index in [2.05, 4.69) is 108 Å². The van der Waals surface area contributed by atoms with E-state index in [4.69, 9.17) is 0 Å². The first-order valence-electron chi connectivity index (χ1n) is 9.01. The fourth-order valence-corrected chi connectivity index (χ4v) is 3.82. The first-order chi connectivity index (χ1) is 12.9. The van der Waals surface area contributed by atoms with Crippen molar-refractivity contribution in [2.24, 2.45) is 0 Å². The van der Waals surface area contributed by atoms with Crippen molar-refractivity contribution in [1.82, 2.24) is 4.57 Å². The zero-order chi connectivity index (χ0) is 17.3. The van der Waals surface area contributed by atoms with Gasteiger partial charge in [-0.1, -0.05) is 72.8 Å². The van der Waals surface area contributed by atoms with Gasteiger partial charge in [0.25, 0.3) is 0 Å². The van der Waals surface area contributed by atoms with Crippen LogP contribution >= 0.6 is 0 Å². The molecule has 5 aromatic rings. The molecule has 0 aliphatic carbocycles. The van der Waals surface area contributed by atoms with Crippen molar-refractivity contribution in [1.29, 1.82) is 0 Å². The van der Waals surface area contributed by atoms with Gasteiger partial charge in [0.05, 0.1) is 11.0 Å². The molecule has 0 bridgehead atoms. The van der Waals surface area contributed by atoms with Crippen molar-refractivity contribution in [3.05, 3.63) is 114 Å². The van der Waals surface area contributed by atoms with Crippen LogP contribution in [-0.2, 0) is 6.42 Å². The van der Waals surface area contributed by atoms with Gasteiger partial charge < -0.3 is 4.57 Å². The second kappa shape index (κ2) is 6.20. The van der Waals surface area contributed by atoms with Crippen LogP contribution in [-0.4, -0.2) is 4.57 Å². The van der Waals surface area contributed by atoms with Crippen LogP contribution in [0.3, 0.4) is 0 Å². The maximum atomic E-state index is 2.36. The number of benzene rings is 4. The van der Waals surface area contributed by atoms with Gasteiger partial charge in [0.2, 0.25) is 0 Å². The molecule has 4 aromatic carbocycles. The highest BCUT2D eigenvalue weighted by molar-refractivity contribution is 6.09. The fourth-order valence-electron chi connectivity index (χ4n) is 3.82. The SMILES string of the molecule is c1ccc(Cc2ccc3c(c2)c2ccccc2n3-c2ccccc2)cc1. The maximum absolute atomic E-state index is 2.36. The standard InChI is InChI=1S/C25H19N/c1-3-9-19(10-4-1)17-20-15-16-25-23(18-20)22-13-7-8-14-24(22)26(25)21-11-5-2-6-12-21/h1-16,18H,17H2. The predicted molar refractivity (Wildman–Crippen MR) is 110 cm³/mol. The van der Waals surface area contributed by atoms with E-state index in [-0.39, 0.29) is 0 Å². The summed E-state index contributed by atoms with van der Waals surface area (Å²) in [5.41, 5.74) is 6.41. The molecule has 0 aliphatic rings. The summed E-state index contributed by atoms with van der Waals surface area (Å²) in [6.45, 7) is 0. The van der Waals surface area contributed by atoms with Crippen molar-refractivity contribution >= 4 is 21.8 Å². The zero-order valence-electron chi connectivity index (χ0n) is 14.5. The number of nitrogens with zero attached hydrogens (tertiary/aromatic N) is 1. The Morgan fingerprint density at radius 2 is 1.15 bits per heavy atom. The van der Waals surface area contributed by atoms with Crippen LogP contribution in [0, 0.1) is 0 Å². The maximum Gasteiger partial charge on any atom is 0.0541 e. The highest BCUT2D eigenvalue weighted by atomic mass is 15.0. The lowest BCUT2D eigenvalue weighted by atomic mass is 10.0. The van der Waals surface area contributed by atoms with E-state index >= 15 is 0 Å². The van der Waals surface area contributed by atoms with E-state index in [0.717, 1.165) is 6.42 Å². The number of para-hydroxylation sites is 2. The number of fused-ring (bicyclic) bond motifs is 3. The number of hydrogen-bond donors (Lipinski definition) is 0. The Hall–Kier alpha value is -3.32. The summed E-state index contributed by atoms with van der Waals surface area (Å²) >= 11 is 0. The molecule has 1 nitrogen and oxygen atoms in total. The first kappa shape index (κ1) is 15.0.